The molecule has 0 unspecified atom stereocenters. The molecule has 0 fully saturated rings. The van der Waals surface area contributed by atoms with E-state index in [1.54, 1.807) is 18.2 Å². The van der Waals surface area contributed by atoms with Crippen LogP contribution in [-0.2, 0) is 10.0 Å². The molecule has 0 saturated carbocycles. The van der Waals surface area contributed by atoms with Gasteiger partial charge in [0.15, 0.2) is 0 Å². The highest BCUT2D eigenvalue weighted by Crippen LogP contribution is 2.25. The summed E-state index contributed by atoms with van der Waals surface area (Å²) in [5, 5.41) is 18.5. The number of benzene rings is 2. The van der Waals surface area contributed by atoms with Crippen molar-refractivity contribution in [2.24, 2.45) is 0 Å². The van der Waals surface area contributed by atoms with Crippen LogP contribution in [0.1, 0.15) is 0 Å². The quantitative estimate of drug-likeness (QED) is 0.791. The lowest BCUT2D eigenvalue weighted by Crippen LogP contribution is -2.12. The molecule has 0 amide bonds. The Balaban J connectivity index is 2.34. The number of sulfonamides is 1. The van der Waals surface area contributed by atoms with Gasteiger partial charge in [-0.1, -0.05) is 18.2 Å². The minimum absolute atomic E-state index is 0.0938. The molecule has 6 heteroatoms. The first kappa shape index (κ1) is 12.3. The molecule has 5 nitrogen and oxygen atoms in total. The van der Waals surface area contributed by atoms with Gasteiger partial charge in [-0.3, -0.25) is 4.72 Å². The maximum absolute atomic E-state index is 11.9. The molecule has 0 aromatic heterocycles. The minimum atomic E-state index is -3.72. The van der Waals surface area contributed by atoms with Crippen LogP contribution in [0.5, 0.6) is 11.5 Å². The summed E-state index contributed by atoms with van der Waals surface area (Å²) in [5.41, 5.74) is 0.0938. The average molecular weight is 265 g/mol. The lowest BCUT2D eigenvalue weighted by atomic mass is 10.3. The zero-order valence-corrected chi connectivity index (χ0v) is 10.1. The first-order valence-corrected chi connectivity index (χ1v) is 6.56. The molecule has 0 saturated heterocycles. The SMILES string of the molecule is O=S(=O)(Nc1cc(O)cc(O)c1)c1ccccc1. The second-order valence-corrected chi connectivity index (χ2v) is 5.34. The maximum Gasteiger partial charge on any atom is 0.261 e. The van der Waals surface area contributed by atoms with E-state index in [1.165, 1.54) is 24.3 Å². The van der Waals surface area contributed by atoms with E-state index < -0.39 is 10.0 Å². The molecule has 0 spiro atoms. The number of phenolic OH excluding ortho intramolecular Hbond substituents is 2. The lowest BCUT2D eigenvalue weighted by molar-refractivity contribution is 0.451. The van der Waals surface area contributed by atoms with Crippen molar-refractivity contribution in [3.05, 3.63) is 48.5 Å². The highest BCUT2D eigenvalue weighted by Gasteiger charge is 2.14. The van der Waals surface area contributed by atoms with Crippen LogP contribution >= 0.6 is 0 Å². The van der Waals surface area contributed by atoms with Gasteiger partial charge in [-0.2, -0.15) is 0 Å². The fraction of sp³-hybridized carbons (Fsp3) is 0. The number of hydrogen-bond acceptors (Lipinski definition) is 4. The van der Waals surface area contributed by atoms with Gasteiger partial charge in [-0.25, -0.2) is 8.42 Å². The van der Waals surface area contributed by atoms with Gasteiger partial charge < -0.3 is 10.2 Å². The maximum atomic E-state index is 11.9. The number of aromatic hydroxyl groups is 2. The molecule has 3 N–H and O–H groups in total. The Bertz CT molecular complexity index is 633. The Morgan fingerprint density at radius 2 is 1.44 bits per heavy atom. The number of phenols is 2. The number of rotatable bonds is 3. The number of hydrogen-bond donors (Lipinski definition) is 3. The Labute approximate surface area is 104 Å². The van der Waals surface area contributed by atoms with Gasteiger partial charge in [-0.05, 0) is 12.1 Å². The van der Waals surface area contributed by atoms with Crippen molar-refractivity contribution < 1.29 is 18.6 Å². The summed E-state index contributed by atoms with van der Waals surface area (Å²) >= 11 is 0. The molecule has 0 radical (unpaired) electrons. The molecule has 0 aliphatic heterocycles. The lowest BCUT2D eigenvalue weighted by Gasteiger charge is -2.08. The van der Waals surface area contributed by atoms with Crippen LogP contribution in [0.25, 0.3) is 0 Å². The first-order chi connectivity index (χ1) is 8.47. The van der Waals surface area contributed by atoms with E-state index in [0.717, 1.165) is 6.07 Å². The molecule has 0 aliphatic carbocycles. The second-order valence-electron chi connectivity index (χ2n) is 3.66. The molecule has 0 aliphatic rings. The van der Waals surface area contributed by atoms with Crippen LogP contribution in [0.15, 0.2) is 53.4 Å². The van der Waals surface area contributed by atoms with Crippen LogP contribution in [0.4, 0.5) is 5.69 Å². The average Bonchev–Trinajstić information content (AvgIpc) is 2.28. The summed E-state index contributed by atoms with van der Waals surface area (Å²) in [5.74, 6) is -0.443. The molecule has 2 aromatic carbocycles. The molecule has 2 aromatic rings. The second kappa shape index (κ2) is 4.58. The zero-order valence-electron chi connectivity index (χ0n) is 9.24. The van der Waals surface area contributed by atoms with E-state index in [4.69, 9.17) is 0 Å². The highest BCUT2D eigenvalue weighted by molar-refractivity contribution is 7.92. The van der Waals surface area contributed by atoms with Crippen molar-refractivity contribution in [3.8, 4) is 11.5 Å². The molecule has 0 heterocycles. The van der Waals surface area contributed by atoms with Crippen LogP contribution in [0, 0.1) is 0 Å². The molecule has 18 heavy (non-hydrogen) atoms. The summed E-state index contributed by atoms with van der Waals surface area (Å²) in [6.45, 7) is 0. The Hall–Kier alpha value is -2.21. The summed E-state index contributed by atoms with van der Waals surface area (Å²) in [6, 6.07) is 11.3. The van der Waals surface area contributed by atoms with Gasteiger partial charge in [-0.15, -0.1) is 0 Å². The molecular formula is C12H11NO4S. The predicted molar refractivity (Wildman–Crippen MR) is 67.0 cm³/mol. The Morgan fingerprint density at radius 1 is 0.889 bits per heavy atom. The fourth-order valence-corrected chi connectivity index (χ4v) is 2.53. The fourth-order valence-electron chi connectivity index (χ4n) is 1.47. The summed E-state index contributed by atoms with van der Waals surface area (Å²) in [7, 11) is -3.72. The van der Waals surface area contributed by atoms with Gasteiger partial charge in [0.05, 0.1) is 10.6 Å². The van der Waals surface area contributed by atoms with Crippen molar-refractivity contribution in [1.29, 1.82) is 0 Å². The van der Waals surface area contributed by atoms with Crippen molar-refractivity contribution in [2.75, 3.05) is 4.72 Å². The highest BCUT2D eigenvalue weighted by atomic mass is 32.2. The van der Waals surface area contributed by atoms with Gasteiger partial charge >= 0.3 is 0 Å². The monoisotopic (exact) mass is 265 g/mol. The van der Waals surface area contributed by atoms with Crippen molar-refractivity contribution in [2.45, 2.75) is 4.90 Å². The van der Waals surface area contributed by atoms with Crippen LogP contribution < -0.4 is 4.72 Å². The third-order valence-electron chi connectivity index (χ3n) is 2.21. The Kier molecular flexibility index (Phi) is 3.12. The first-order valence-electron chi connectivity index (χ1n) is 5.08. The third-order valence-corrected chi connectivity index (χ3v) is 3.61. The van der Waals surface area contributed by atoms with Crippen LogP contribution in [-0.4, -0.2) is 18.6 Å². The van der Waals surface area contributed by atoms with Crippen molar-refractivity contribution in [3.63, 3.8) is 0 Å². The van der Waals surface area contributed by atoms with E-state index >= 15 is 0 Å². The van der Waals surface area contributed by atoms with Gasteiger partial charge in [0.2, 0.25) is 0 Å². The molecule has 94 valence electrons. The van der Waals surface area contributed by atoms with E-state index in [1.807, 2.05) is 0 Å². The number of anilines is 1. The van der Waals surface area contributed by atoms with E-state index in [0.29, 0.717) is 0 Å². The topological polar surface area (TPSA) is 86.6 Å². The van der Waals surface area contributed by atoms with E-state index in [-0.39, 0.29) is 22.1 Å². The largest absolute Gasteiger partial charge is 0.508 e. The Morgan fingerprint density at radius 3 is 2.00 bits per heavy atom. The summed E-state index contributed by atoms with van der Waals surface area (Å²) in [6.07, 6.45) is 0. The van der Waals surface area contributed by atoms with Gasteiger partial charge in [0.1, 0.15) is 11.5 Å². The smallest absolute Gasteiger partial charge is 0.261 e. The van der Waals surface area contributed by atoms with Crippen molar-refractivity contribution in [1.82, 2.24) is 0 Å². The van der Waals surface area contributed by atoms with Crippen LogP contribution in [0.3, 0.4) is 0 Å². The van der Waals surface area contributed by atoms with Gasteiger partial charge in [0.25, 0.3) is 10.0 Å². The summed E-state index contributed by atoms with van der Waals surface area (Å²) in [4.78, 5) is 0.104. The van der Waals surface area contributed by atoms with E-state index in [2.05, 4.69) is 4.72 Å². The number of nitrogens with one attached hydrogen (secondary N) is 1. The molecule has 0 bridgehead atoms. The normalized spacial score (nSPS) is 11.1. The minimum Gasteiger partial charge on any atom is -0.508 e. The van der Waals surface area contributed by atoms with Crippen molar-refractivity contribution >= 4 is 15.7 Å². The van der Waals surface area contributed by atoms with E-state index in [9.17, 15) is 18.6 Å². The summed E-state index contributed by atoms with van der Waals surface area (Å²) < 4.78 is 26.2. The molecular weight excluding hydrogens is 254 g/mol. The van der Waals surface area contributed by atoms with Crippen LogP contribution in [0.2, 0.25) is 0 Å². The third kappa shape index (κ3) is 2.72. The van der Waals surface area contributed by atoms with Gasteiger partial charge in [0, 0.05) is 18.2 Å². The standard InChI is InChI=1S/C12H11NO4S/c14-10-6-9(7-11(15)8-10)13-18(16,17)12-4-2-1-3-5-12/h1-8,13-15H. The molecule has 2 rings (SSSR count). The molecule has 0 atom stereocenters. The predicted octanol–water partition coefficient (Wildman–Crippen LogP) is 1.90. The zero-order chi connectivity index (χ0) is 13.2.